The minimum Gasteiger partial charge on any atom is -0.310 e. The zero-order valence-corrected chi connectivity index (χ0v) is 29.4. The van der Waals surface area contributed by atoms with Gasteiger partial charge < -0.3 is 4.90 Å². The van der Waals surface area contributed by atoms with Crippen LogP contribution in [0.5, 0.6) is 0 Å². The summed E-state index contributed by atoms with van der Waals surface area (Å²) in [6, 6.07) is 65.0. The summed E-state index contributed by atoms with van der Waals surface area (Å²) in [5, 5.41) is 5.10. The van der Waals surface area contributed by atoms with E-state index in [1.807, 2.05) is 11.3 Å². The Kier molecular flexibility index (Phi) is 6.78. The van der Waals surface area contributed by atoms with Crippen LogP contribution in [0, 0.1) is 0 Å². The first-order valence-corrected chi connectivity index (χ1v) is 18.5. The van der Waals surface area contributed by atoms with Crippen molar-refractivity contribution >= 4 is 59.3 Å². The zero-order chi connectivity index (χ0) is 34.1. The first-order chi connectivity index (χ1) is 25.0. The molecule has 0 fully saturated rings. The summed E-state index contributed by atoms with van der Waals surface area (Å²) in [5.41, 5.74) is 13.6. The van der Waals surface area contributed by atoms with Crippen molar-refractivity contribution in [3.8, 4) is 33.4 Å². The number of fused-ring (bicyclic) bond motifs is 7. The third-order valence-corrected chi connectivity index (χ3v) is 12.0. The standard InChI is InChI=1S/C49H35NS/c1-49(2)43-18-10-8-16-39(43)40-27-26-37(31-44(40)49)50(36-24-20-33(21-25-36)32-12-4-3-5-13-32)45-28-22-34-14-6-7-15-38(34)48(45)35-23-29-47-42(30-35)41-17-9-11-19-46(41)51-47/h3-31H,1-2H3. The number of nitrogens with zero attached hydrogens (tertiary/aromatic N) is 1. The molecule has 0 radical (unpaired) electrons. The molecule has 0 saturated heterocycles. The van der Waals surface area contributed by atoms with E-state index < -0.39 is 0 Å². The Bertz CT molecular complexity index is 2770. The van der Waals surface area contributed by atoms with E-state index in [0.29, 0.717) is 0 Å². The topological polar surface area (TPSA) is 3.24 Å². The van der Waals surface area contributed by atoms with Gasteiger partial charge in [0.25, 0.3) is 0 Å². The average Bonchev–Trinajstić information content (AvgIpc) is 3.67. The molecule has 1 nitrogen and oxygen atoms in total. The van der Waals surface area contributed by atoms with Gasteiger partial charge in [0.15, 0.2) is 0 Å². The van der Waals surface area contributed by atoms with Crippen LogP contribution < -0.4 is 4.90 Å². The quantitative estimate of drug-likeness (QED) is 0.176. The van der Waals surface area contributed by atoms with Gasteiger partial charge in [-0.25, -0.2) is 0 Å². The fraction of sp³-hybridized carbons (Fsp3) is 0.0612. The second-order valence-electron chi connectivity index (χ2n) is 14.1. The number of hydrogen-bond donors (Lipinski definition) is 0. The maximum absolute atomic E-state index is 2.48. The molecule has 8 aromatic carbocycles. The van der Waals surface area contributed by atoms with E-state index in [0.717, 1.165) is 17.1 Å². The molecule has 0 unspecified atom stereocenters. The van der Waals surface area contributed by atoms with Crippen LogP contribution in [-0.4, -0.2) is 0 Å². The lowest BCUT2D eigenvalue weighted by molar-refractivity contribution is 0.660. The minimum atomic E-state index is -0.109. The molecule has 0 atom stereocenters. The zero-order valence-electron chi connectivity index (χ0n) is 28.6. The highest BCUT2D eigenvalue weighted by molar-refractivity contribution is 7.25. The van der Waals surface area contributed by atoms with Crippen LogP contribution in [0.25, 0.3) is 64.3 Å². The van der Waals surface area contributed by atoms with Crippen molar-refractivity contribution in [2.24, 2.45) is 0 Å². The Hall–Kier alpha value is -5.96. The average molecular weight is 670 g/mol. The molecule has 0 N–H and O–H groups in total. The van der Waals surface area contributed by atoms with Gasteiger partial charge >= 0.3 is 0 Å². The maximum atomic E-state index is 2.48. The van der Waals surface area contributed by atoms with Crippen molar-refractivity contribution in [2.45, 2.75) is 19.3 Å². The predicted octanol–water partition coefficient (Wildman–Crippen LogP) is 14.3. The fourth-order valence-corrected chi connectivity index (χ4v) is 9.41. The van der Waals surface area contributed by atoms with Crippen LogP contribution in [-0.2, 0) is 5.41 Å². The molecule has 0 saturated carbocycles. The first-order valence-electron chi connectivity index (χ1n) is 17.7. The number of anilines is 3. The molecule has 1 aromatic heterocycles. The number of thiophene rings is 1. The number of hydrogen-bond acceptors (Lipinski definition) is 2. The molecule has 9 aromatic rings. The fourth-order valence-electron chi connectivity index (χ4n) is 8.32. The van der Waals surface area contributed by atoms with Gasteiger partial charge in [-0.15, -0.1) is 11.3 Å². The van der Waals surface area contributed by atoms with Crippen LogP contribution in [0.2, 0.25) is 0 Å². The van der Waals surface area contributed by atoms with Gasteiger partial charge in [0.05, 0.1) is 5.69 Å². The molecule has 0 bridgehead atoms. The highest BCUT2D eigenvalue weighted by atomic mass is 32.1. The van der Waals surface area contributed by atoms with Crippen molar-refractivity contribution in [1.29, 1.82) is 0 Å². The molecule has 242 valence electrons. The van der Waals surface area contributed by atoms with Gasteiger partial charge in [0.2, 0.25) is 0 Å². The van der Waals surface area contributed by atoms with Crippen LogP contribution in [0.15, 0.2) is 176 Å². The highest BCUT2D eigenvalue weighted by Crippen LogP contribution is 2.52. The van der Waals surface area contributed by atoms with Gasteiger partial charge in [-0.05, 0) is 98.2 Å². The first kappa shape index (κ1) is 29.9. The summed E-state index contributed by atoms with van der Waals surface area (Å²) >= 11 is 1.87. The molecule has 0 amide bonds. The van der Waals surface area contributed by atoms with Gasteiger partial charge in [0.1, 0.15) is 0 Å². The van der Waals surface area contributed by atoms with E-state index in [1.165, 1.54) is 75.5 Å². The van der Waals surface area contributed by atoms with E-state index in [2.05, 4.69) is 195 Å². The molecule has 51 heavy (non-hydrogen) atoms. The molecular formula is C49H35NS. The van der Waals surface area contributed by atoms with Crippen LogP contribution in [0.1, 0.15) is 25.0 Å². The van der Waals surface area contributed by atoms with Gasteiger partial charge in [-0.2, -0.15) is 0 Å². The van der Waals surface area contributed by atoms with Crippen LogP contribution >= 0.6 is 11.3 Å². The Morgan fingerprint density at radius 2 is 1.08 bits per heavy atom. The number of rotatable bonds is 5. The highest BCUT2D eigenvalue weighted by Gasteiger charge is 2.36. The summed E-state index contributed by atoms with van der Waals surface area (Å²) in [6.07, 6.45) is 0. The second kappa shape index (κ2) is 11.6. The Balaban J connectivity index is 1.23. The largest absolute Gasteiger partial charge is 0.310 e. The van der Waals surface area contributed by atoms with Crippen LogP contribution in [0.3, 0.4) is 0 Å². The summed E-state index contributed by atoms with van der Waals surface area (Å²) < 4.78 is 2.64. The molecule has 2 heteroatoms. The lowest BCUT2D eigenvalue weighted by atomic mass is 9.82. The minimum absolute atomic E-state index is 0.109. The Morgan fingerprint density at radius 3 is 1.94 bits per heavy atom. The van der Waals surface area contributed by atoms with E-state index in [1.54, 1.807) is 0 Å². The van der Waals surface area contributed by atoms with Gasteiger partial charge in [-0.1, -0.05) is 141 Å². The smallest absolute Gasteiger partial charge is 0.0546 e. The molecular weight excluding hydrogens is 635 g/mol. The van der Waals surface area contributed by atoms with Crippen molar-refractivity contribution in [3.05, 3.63) is 187 Å². The molecule has 1 aliphatic rings. The Morgan fingerprint density at radius 1 is 0.431 bits per heavy atom. The van der Waals surface area contributed by atoms with E-state index in [9.17, 15) is 0 Å². The van der Waals surface area contributed by atoms with Crippen molar-refractivity contribution in [1.82, 2.24) is 0 Å². The van der Waals surface area contributed by atoms with E-state index in [-0.39, 0.29) is 5.41 Å². The Labute approximate surface area is 302 Å². The number of benzene rings is 8. The van der Waals surface area contributed by atoms with Gasteiger partial charge in [-0.3, -0.25) is 0 Å². The normalized spacial score (nSPS) is 13.1. The summed E-state index contributed by atoms with van der Waals surface area (Å²) in [6.45, 7) is 4.73. The molecule has 1 aliphatic carbocycles. The molecule has 1 heterocycles. The van der Waals surface area contributed by atoms with Crippen molar-refractivity contribution in [2.75, 3.05) is 4.90 Å². The molecule has 0 aliphatic heterocycles. The summed E-state index contributed by atoms with van der Waals surface area (Å²) in [7, 11) is 0. The third-order valence-electron chi connectivity index (χ3n) is 10.9. The third kappa shape index (κ3) is 4.75. The molecule has 10 rings (SSSR count). The lowest BCUT2D eigenvalue weighted by Gasteiger charge is -2.30. The SMILES string of the molecule is CC1(C)c2ccccc2-c2ccc(N(c3ccc(-c4ccccc4)cc3)c3ccc4ccccc4c3-c3ccc4sc5ccccc5c4c3)cc21. The van der Waals surface area contributed by atoms with Crippen molar-refractivity contribution in [3.63, 3.8) is 0 Å². The summed E-state index contributed by atoms with van der Waals surface area (Å²) in [4.78, 5) is 2.48. The maximum Gasteiger partial charge on any atom is 0.0546 e. The second-order valence-corrected chi connectivity index (χ2v) is 15.2. The predicted molar refractivity (Wildman–Crippen MR) is 220 cm³/mol. The lowest BCUT2D eigenvalue weighted by Crippen LogP contribution is -2.17. The van der Waals surface area contributed by atoms with E-state index in [4.69, 9.17) is 0 Å². The van der Waals surface area contributed by atoms with Gasteiger partial charge in [0, 0.05) is 42.5 Å². The monoisotopic (exact) mass is 669 g/mol. The van der Waals surface area contributed by atoms with E-state index >= 15 is 0 Å². The summed E-state index contributed by atoms with van der Waals surface area (Å²) in [5.74, 6) is 0. The van der Waals surface area contributed by atoms with Crippen LogP contribution in [0.4, 0.5) is 17.1 Å². The van der Waals surface area contributed by atoms with Crippen molar-refractivity contribution < 1.29 is 0 Å². The molecule has 0 spiro atoms.